The molecule has 1 aliphatic carbocycles. The summed E-state index contributed by atoms with van der Waals surface area (Å²) in [4.78, 5) is 16.5. The number of hydrogen-bond donors (Lipinski definition) is 1. The molecular weight excluding hydrogens is 304 g/mol. The molecule has 1 aromatic heterocycles. The summed E-state index contributed by atoms with van der Waals surface area (Å²) < 4.78 is 11.4. The molecule has 0 spiro atoms. The first-order valence-electron chi connectivity index (χ1n) is 8.24. The number of carbonyl (C=O) groups is 1. The summed E-state index contributed by atoms with van der Waals surface area (Å²) in [5.74, 6) is 1.15. The Bertz CT molecular complexity index is 707. The second-order valence-electron chi connectivity index (χ2n) is 6.03. The van der Waals surface area contributed by atoms with Crippen LogP contribution in [-0.2, 0) is 0 Å². The van der Waals surface area contributed by atoms with E-state index in [9.17, 15) is 4.79 Å². The van der Waals surface area contributed by atoms with E-state index in [2.05, 4.69) is 10.3 Å². The smallest absolute Gasteiger partial charge is 0.257 e. The second kappa shape index (κ2) is 7.34. The quantitative estimate of drug-likeness (QED) is 0.903. The summed E-state index contributed by atoms with van der Waals surface area (Å²) in [6.45, 7) is 1.89. The molecule has 0 aliphatic heterocycles. The zero-order chi connectivity index (χ0) is 16.9. The van der Waals surface area contributed by atoms with Crippen molar-refractivity contribution in [2.75, 3.05) is 12.4 Å². The van der Waals surface area contributed by atoms with Crippen LogP contribution in [0.2, 0.25) is 0 Å². The van der Waals surface area contributed by atoms with Gasteiger partial charge in [0.1, 0.15) is 0 Å². The number of hydrogen-bond acceptors (Lipinski definition) is 4. The molecule has 1 fully saturated rings. The largest absolute Gasteiger partial charge is 0.493 e. The first-order valence-corrected chi connectivity index (χ1v) is 8.24. The van der Waals surface area contributed by atoms with Gasteiger partial charge < -0.3 is 14.8 Å². The van der Waals surface area contributed by atoms with Crippen molar-refractivity contribution >= 4 is 11.6 Å². The van der Waals surface area contributed by atoms with Gasteiger partial charge in [-0.15, -0.1) is 0 Å². The molecule has 1 saturated carbocycles. The third-order valence-corrected chi connectivity index (χ3v) is 4.19. The van der Waals surface area contributed by atoms with E-state index in [0.717, 1.165) is 18.5 Å². The molecule has 126 valence electrons. The Morgan fingerprint density at radius 2 is 1.96 bits per heavy atom. The van der Waals surface area contributed by atoms with Gasteiger partial charge in [0.2, 0.25) is 0 Å². The number of aryl methyl sites for hydroxylation is 1. The van der Waals surface area contributed by atoms with Gasteiger partial charge in [-0.2, -0.15) is 0 Å². The Hall–Kier alpha value is -2.56. The molecule has 2 aromatic rings. The van der Waals surface area contributed by atoms with E-state index in [-0.39, 0.29) is 12.0 Å². The summed E-state index contributed by atoms with van der Waals surface area (Å²) >= 11 is 0. The van der Waals surface area contributed by atoms with Crippen molar-refractivity contribution in [2.45, 2.75) is 38.7 Å². The Balaban J connectivity index is 1.75. The van der Waals surface area contributed by atoms with Gasteiger partial charge in [-0.3, -0.25) is 9.78 Å². The third-order valence-electron chi connectivity index (χ3n) is 4.19. The minimum atomic E-state index is -0.195. The highest BCUT2D eigenvalue weighted by atomic mass is 16.5. The Labute approximate surface area is 142 Å². The van der Waals surface area contributed by atoms with Crippen LogP contribution in [0.25, 0.3) is 0 Å². The lowest BCUT2D eigenvalue weighted by molar-refractivity contribution is 0.102. The molecule has 0 bridgehead atoms. The molecular formula is C19H22N2O3. The van der Waals surface area contributed by atoms with Gasteiger partial charge in [0.15, 0.2) is 11.5 Å². The molecule has 24 heavy (non-hydrogen) atoms. The van der Waals surface area contributed by atoms with Crippen LogP contribution < -0.4 is 14.8 Å². The second-order valence-corrected chi connectivity index (χ2v) is 6.03. The SMILES string of the molecule is COc1ccc(NC(=O)c2ccc(C)nc2)cc1OC1CCCC1. The van der Waals surface area contributed by atoms with E-state index in [4.69, 9.17) is 9.47 Å². The number of aromatic nitrogens is 1. The first-order chi connectivity index (χ1) is 11.7. The zero-order valence-electron chi connectivity index (χ0n) is 14.0. The van der Waals surface area contributed by atoms with Crippen LogP contribution in [0.3, 0.4) is 0 Å². The van der Waals surface area contributed by atoms with Crippen molar-refractivity contribution in [3.63, 3.8) is 0 Å². The van der Waals surface area contributed by atoms with E-state index in [1.807, 2.05) is 25.1 Å². The van der Waals surface area contributed by atoms with E-state index in [1.54, 1.807) is 25.4 Å². The molecule has 0 radical (unpaired) electrons. The Kier molecular flexibility index (Phi) is 4.99. The average Bonchev–Trinajstić information content (AvgIpc) is 3.09. The molecule has 5 heteroatoms. The molecule has 1 aliphatic rings. The molecule has 1 amide bonds. The molecule has 1 aromatic carbocycles. The average molecular weight is 326 g/mol. The number of nitrogens with one attached hydrogen (secondary N) is 1. The highest BCUT2D eigenvalue weighted by Gasteiger charge is 2.19. The lowest BCUT2D eigenvalue weighted by Crippen LogP contribution is -2.14. The molecule has 0 atom stereocenters. The molecule has 0 saturated heterocycles. The fourth-order valence-electron chi connectivity index (χ4n) is 2.84. The lowest BCUT2D eigenvalue weighted by Gasteiger charge is -2.17. The minimum absolute atomic E-state index is 0.195. The Morgan fingerprint density at radius 1 is 1.17 bits per heavy atom. The van der Waals surface area contributed by atoms with E-state index in [1.165, 1.54) is 12.8 Å². The van der Waals surface area contributed by atoms with Gasteiger partial charge in [-0.25, -0.2) is 0 Å². The van der Waals surface area contributed by atoms with Gasteiger partial charge in [-0.1, -0.05) is 0 Å². The van der Waals surface area contributed by atoms with Crippen LogP contribution >= 0.6 is 0 Å². The minimum Gasteiger partial charge on any atom is -0.493 e. The fraction of sp³-hybridized carbons (Fsp3) is 0.368. The number of benzene rings is 1. The van der Waals surface area contributed by atoms with Gasteiger partial charge >= 0.3 is 0 Å². The molecule has 1 heterocycles. The monoisotopic (exact) mass is 326 g/mol. The number of rotatable bonds is 5. The normalized spacial score (nSPS) is 14.4. The molecule has 3 rings (SSSR count). The van der Waals surface area contributed by atoms with Gasteiger partial charge in [-0.05, 0) is 56.9 Å². The summed E-state index contributed by atoms with van der Waals surface area (Å²) in [6.07, 6.45) is 6.33. The molecule has 5 nitrogen and oxygen atoms in total. The predicted molar refractivity (Wildman–Crippen MR) is 92.8 cm³/mol. The van der Waals surface area contributed by atoms with Crippen molar-refractivity contribution in [3.8, 4) is 11.5 Å². The van der Waals surface area contributed by atoms with Gasteiger partial charge in [0.25, 0.3) is 5.91 Å². The van der Waals surface area contributed by atoms with E-state index >= 15 is 0 Å². The number of methoxy groups -OCH3 is 1. The van der Waals surface area contributed by atoms with Crippen molar-refractivity contribution in [1.29, 1.82) is 0 Å². The zero-order valence-corrected chi connectivity index (χ0v) is 14.0. The third kappa shape index (κ3) is 3.85. The lowest BCUT2D eigenvalue weighted by atomic mass is 10.2. The summed E-state index contributed by atoms with van der Waals surface area (Å²) in [7, 11) is 1.62. The first kappa shape index (κ1) is 16.3. The Morgan fingerprint density at radius 3 is 2.62 bits per heavy atom. The van der Waals surface area contributed by atoms with Crippen LogP contribution in [0.15, 0.2) is 36.5 Å². The highest BCUT2D eigenvalue weighted by Crippen LogP contribution is 2.34. The number of amides is 1. The number of ether oxygens (including phenoxy) is 2. The topological polar surface area (TPSA) is 60.5 Å². The van der Waals surface area contributed by atoms with Crippen LogP contribution in [0.1, 0.15) is 41.7 Å². The van der Waals surface area contributed by atoms with Crippen molar-refractivity contribution in [3.05, 3.63) is 47.8 Å². The van der Waals surface area contributed by atoms with Crippen LogP contribution in [-0.4, -0.2) is 24.1 Å². The fourth-order valence-corrected chi connectivity index (χ4v) is 2.84. The standard InChI is InChI=1S/C19H22N2O3/c1-13-7-8-14(12-20-13)19(22)21-15-9-10-17(23-2)18(11-15)24-16-5-3-4-6-16/h7-12,16H,3-6H2,1-2H3,(H,21,22). The van der Waals surface area contributed by atoms with Crippen LogP contribution in [0.4, 0.5) is 5.69 Å². The highest BCUT2D eigenvalue weighted by molar-refractivity contribution is 6.04. The van der Waals surface area contributed by atoms with Crippen LogP contribution in [0.5, 0.6) is 11.5 Å². The van der Waals surface area contributed by atoms with Crippen molar-refractivity contribution < 1.29 is 14.3 Å². The van der Waals surface area contributed by atoms with Crippen molar-refractivity contribution in [2.24, 2.45) is 0 Å². The van der Waals surface area contributed by atoms with Crippen molar-refractivity contribution in [1.82, 2.24) is 4.98 Å². The summed E-state index contributed by atoms with van der Waals surface area (Å²) in [5.41, 5.74) is 2.08. The van der Waals surface area contributed by atoms with E-state index in [0.29, 0.717) is 22.7 Å². The molecule has 0 unspecified atom stereocenters. The number of pyridine rings is 1. The summed E-state index contributed by atoms with van der Waals surface area (Å²) in [6, 6.07) is 9.01. The summed E-state index contributed by atoms with van der Waals surface area (Å²) in [5, 5.41) is 2.88. The maximum absolute atomic E-state index is 12.3. The number of anilines is 1. The maximum Gasteiger partial charge on any atom is 0.257 e. The molecule has 1 N–H and O–H groups in total. The van der Waals surface area contributed by atoms with E-state index < -0.39 is 0 Å². The maximum atomic E-state index is 12.3. The van der Waals surface area contributed by atoms with Gasteiger partial charge in [0, 0.05) is 23.6 Å². The van der Waals surface area contributed by atoms with Gasteiger partial charge in [0.05, 0.1) is 18.8 Å². The number of carbonyl (C=O) groups excluding carboxylic acids is 1. The predicted octanol–water partition coefficient (Wildman–Crippen LogP) is 3.97. The van der Waals surface area contributed by atoms with Crippen LogP contribution in [0, 0.1) is 6.92 Å². The number of nitrogens with zero attached hydrogens (tertiary/aromatic N) is 1.